The van der Waals surface area contributed by atoms with E-state index in [9.17, 15) is 8.78 Å². The van der Waals surface area contributed by atoms with Gasteiger partial charge in [-0.3, -0.25) is 0 Å². The Bertz CT molecular complexity index is 1240. The summed E-state index contributed by atoms with van der Waals surface area (Å²) in [5.41, 5.74) is 3.26. The minimum Gasteiger partial charge on any atom is -0.494 e. The number of halogens is 2. The Kier molecular flexibility index (Phi) is 5.25. The molecule has 1 unspecified atom stereocenters. The Balaban J connectivity index is 1.51. The van der Waals surface area contributed by atoms with Gasteiger partial charge in [-0.15, -0.1) is 22.7 Å². The van der Waals surface area contributed by atoms with Crippen LogP contribution in [0.5, 0.6) is 5.75 Å². The number of aromatic nitrogens is 1. The molecule has 31 heavy (non-hydrogen) atoms. The van der Waals surface area contributed by atoms with Crippen LogP contribution in [0, 0.1) is 11.6 Å². The number of thiophene rings is 1. The van der Waals surface area contributed by atoms with E-state index in [0.717, 1.165) is 16.2 Å². The molecular formula is C23H17F2N3OS2. The normalized spacial score (nSPS) is 15.9. The van der Waals surface area contributed by atoms with Crippen LogP contribution in [0.3, 0.4) is 0 Å². The molecule has 1 aliphatic rings. The summed E-state index contributed by atoms with van der Waals surface area (Å²) >= 11 is 3.08. The number of hydrogen-bond acceptors (Lipinski definition) is 6. The summed E-state index contributed by atoms with van der Waals surface area (Å²) in [5, 5.41) is 11.3. The highest BCUT2D eigenvalue weighted by Gasteiger charge is 2.32. The number of ether oxygens (including phenoxy) is 1. The zero-order valence-electron chi connectivity index (χ0n) is 16.5. The number of thiazole rings is 1. The Morgan fingerprint density at radius 2 is 1.90 bits per heavy atom. The summed E-state index contributed by atoms with van der Waals surface area (Å²) in [5.74, 6) is -0.510. The van der Waals surface area contributed by atoms with Crippen molar-refractivity contribution in [1.29, 1.82) is 0 Å². The summed E-state index contributed by atoms with van der Waals surface area (Å²) < 4.78 is 32.6. The van der Waals surface area contributed by atoms with Crippen molar-refractivity contribution in [3.8, 4) is 17.0 Å². The van der Waals surface area contributed by atoms with Gasteiger partial charge in [-0.1, -0.05) is 18.2 Å². The third-order valence-electron chi connectivity index (χ3n) is 5.11. The lowest BCUT2D eigenvalue weighted by Crippen LogP contribution is -2.18. The fraction of sp³-hybridized carbons (Fsp3) is 0.130. The predicted molar refractivity (Wildman–Crippen MR) is 121 cm³/mol. The van der Waals surface area contributed by atoms with Gasteiger partial charge in [-0.25, -0.2) is 18.8 Å². The molecule has 0 aliphatic carbocycles. The number of rotatable bonds is 5. The minimum atomic E-state index is -0.432. The van der Waals surface area contributed by atoms with Gasteiger partial charge in [0.2, 0.25) is 5.13 Å². The van der Waals surface area contributed by atoms with Crippen molar-refractivity contribution < 1.29 is 13.5 Å². The van der Waals surface area contributed by atoms with Crippen molar-refractivity contribution >= 4 is 33.5 Å². The molecule has 5 rings (SSSR count). The molecule has 0 saturated heterocycles. The second-order valence-electron chi connectivity index (χ2n) is 7.00. The smallest absolute Gasteiger partial charge is 0.207 e. The molecule has 0 spiro atoms. The first-order chi connectivity index (χ1) is 15.1. The van der Waals surface area contributed by atoms with Gasteiger partial charge in [-0.2, -0.15) is 5.10 Å². The Morgan fingerprint density at radius 1 is 1.06 bits per heavy atom. The highest BCUT2D eigenvalue weighted by Crippen LogP contribution is 2.40. The molecule has 1 aliphatic heterocycles. The maximum absolute atomic E-state index is 14.2. The van der Waals surface area contributed by atoms with Gasteiger partial charge in [0.15, 0.2) is 11.6 Å². The second kappa shape index (κ2) is 8.20. The number of hydrogen-bond donors (Lipinski definition) is 0. The van der Waals surface area contributed by atoms with Crippen molar-refractivity contribution in [2.75, 3.05) is 12.1 Å². The molecule has 0 radical (unpaired) electrons. The standard InChI is InChI=1S/C23H17F2N3OS2/c1-29-21-9-6-15(11-17(21)25)19-13-31-23(26-19)28-20(14-4-7-16(24)8-5-14)12-18(27-28)22-3-2-10-30-22/h2-11,13,20H,12H2,1H3. The van der Waals surface area contributed by atoms with E-state index in [4.69, 9.17) is 14.8 Å². The molecule has 2 aromatic carbocycles. The molecule has 3 heterocycles. The first kappa shape index (κ1) is 19.8. The van der Waals surface area contributed by atoms with Crippen LogP contribution in [0.25, 0.3) is 11.3 Å². The lowest BCUT2D eigenvalue weighted by atomic mass is 10.0. The largest absolute Gasteiger partial charge is 0.494 e. The summed E-state index contributed by atoms with van der Waals surface area (Å²) in [6, 6.07) is 15.2. The van der Waals surface area contributed by atoms with Crippen LogP contribution in [0.2, 0.25) is 0 Å². The molecule has 2 aromatic heterocycles. The fourth-order valence-corrected chi connectivity index (χ4v) is 5.10. The number of hydrazone groups is 1. The first-order valence-corrected chi connectivity index (χ1v) is 11.3. The Hall–Kier alpha value is -3.10. The van der Waals surface area contributed by atoms with E-state index in [1.54, 1.807) is 35.6 Å². The van der Waals surface area contributed by atoms with Crippen LogP contribution in [-0.4, -0.2) is 17.8 Å². The Labute approximate surface area is 186 Å². The SMILES string of the molecule is COc1ccc(-c2csc(N3N=C(c4cccs4)CC3c3ccc(F)cc3)n2)cc1F. The van der Waals surface area contributed by atoms with Gasteiger partial charge in [-0.05, 0) is 47.3 Å². The van der Waals surface area contributed by atoms with Crippen LogP contribution < -0.4 is 9.75 Å². The van der Waals surface area contributed by atoms with E-state index in [-0.39, 0.29) is 17.6 Å². The molecule has 0 N–H and O–H groups in total. The molecule has 8 heteroatoms. The van der Waals surface area contributed by atoms with Crippen molar-refractivity contribution in [1.82, 2.24) is 4.98 Å². The quantitative estimate of drug-likeness (QED) is 0.346. The lowest BCUT2D eigenvalue weighted by molar-refractivity contribution is 0.386. The predicted octanol–water partition coefficient (Wildman–Crippen LogP) is 6.51. The van der Waals surface area contributed by atoms with Gasteiger partial charge in [0, 0.05) is 17.4 Å². The molecule has 0 amide bonds. The Morgan fingerprint density at radius 3 is 2.61 bits per heavy atom. The lowest BCUT2D eigenvalue weighted by Gasteiger charge is -2.21. The van der Waals surface area contributed by atoms with Crippen LogP contribution in [0.4, 0.5) is 13.9 Å². The van der Waals surface area contributed by atoms with E-state index < -0.39 is 5.82 Å². The molecule has 0 saturated carbocycles. The topological polar surface area (TPSA) is 37.7 Å². The summed E-state index contributed by atoms with van der Waals surface area (Å²) in [4.78, 5) is 5.83. The fourth-order valence-electron chi connectivity index (χ4n) is 3.55. The van der Waals surface area contributed by atoms with Gasteiger partial charge in [0.1, 0.15) is 5.82 Å². The average Bonchev–Trinajstić information content (AvgIpc) is 3.54. The van der Waals surface area contributed by atoms with Crippen LogP contribution in [0.1, 0.15) is 22.9 Å². The average molecular weight is 454 g/mol. The van der Waals surface area contributed by atoms with Gasteiger partial charge < -0.3 is 4.74 Å². The number of nitrogens with zero attached hydrogens (tertiary/aromatic N) is 3. The molecule has 0 bridgehead atoms. The van der Waals surface area contributed by atoms with Gasteiger partial charge >= 0.3 is 0 Å². The molecular weight excluding hydrogens is 436 g/mol. The second-order valence-corrected chi connectivity index (χ2v) is 8.79. The number of anilines is 1. The third kappa shape index (κ3) is 3.84. The van der Waals surface area contributed by atoms with E-state index in [0.29, 0.717) is 22.8 Å². The molecule has 156 valence electrons. The van der Waals surface area contributed by atoms with E-state index >= 15 is 0 Å². The van der Waals surface area contributed by atoms with Gasteiger partial charge in [0.05, 0.1) is 29.4 Å². The van der Waals surface area contributed by atoms with Crippen molar-refractivity contribution in [2.24, 2.45) is 5.10 Å². The van der Waals surface area contributed by atoms with Crippen molar-refractivity contribution in [3.05, 3.63) is 87.4 Å². The van der Waals surface area contributed by atoms with Gasteiger partial charge in [0.25, 0.3) is 0 Å². The van der Waals surface area contributed by atoms with Crippen molar-refractivity contribution in [3.63, 3.8) is 0 Å². The molecule has 1 atom stereocenters. The third-order valence-corrected chi connectivity index (χ3v) is 6.86. The van der Waals surface area contributed by atoms with Crippen molar-refractivity contribution in [2.45, 2.75) is 12.5 Å². The maximum atomic E-state index is 14.2. The highest BCUT2D eigenvalue weighted by molar-refractivity contribution is 7.14. The minimum absolute atomic E-state index is 0.0932. The molecule has 4 aromatic rings. The first-order valence-electron chi connectivity index (χ1n) is 9.58. The summed E-state index contributed by atoms with van der Waals surface area (Å²) in [6.07, 6.45) is 0.693. The van der Waals surface area contributed by atoms with Crippen LogP contribution in [-0.2, 0) is 0 Å². The van der Waals surface area contributed by atoms with Crippen LogP contribution >= 0.6 is 22.7 Å². The zero-order chi connectivity index (χ0) is 21.4. The highest BCUT2D eigenvalue weighted by atomic mass is 32.1. The molecule has 4 nitrogen and oxygen atoms in total. The summed E-state index contributed by atoms with van der Waals surface area (Å²) in [7, 11) is 1.44. The maximum Gasteiger partial charge on any atom is 0.207 e. The number of methoxy groups -OCH3 is 1. The molecule has 0 fully saturated rings. The summed E-state index contributed by atoms with van der Waals surface area (Å²) in [6.45, 7) is 0. The van der Waals surface area contributed by atoms with E-state index in [1.807, 2.05) is 27.9 Å². The number of benzene rings is 2. The van der Waals surface area contributed by atoms with Crippen LogP contribution in [0.15, 0.2) is 70.5 Å². The van der Waals surface area contributed by atoms with E-state index in [2.05, 4.69) is 0 Å². The monoisotopic (exact) mass is 453 g/mol. The van der Waals surface area contributed by atoms with E-state index in [1.165, 1.54) is 36.6 Å². The zero-order valence-corrected chi connectivity index (χ0v) is 18.1.